The summed E-state index contributed by atoms with van der Waals surface area (Å²) in [6.07, 6.45) is 1.29. The number of nitrogens with one attached hydrogen (secondary N) is 1. The zero-order valence-electron chi connectivity index (χ0n) is 18.9. The number of alkyl halides is 3. The molecule has 0 radical (unpaired) electrons. The molecule has 0 bridgehead atoms. The maximum Gasteiger partial charge on any atom is 0.434 e. The van der Waals surface area contributed by atoms with Crippen molar-refractivity contribution >= 4 is 23.1 Å². The highest BCUT2D eigenvalue weighted by Crippen LogP contribution is 2.34. The number of halogens is 3. The van der Waals surface area contributed by atoms with Gasteiger partial charge in [-0.05, 0) is 35.7 Å². The summed E-state index contributed by atoms with van der Waals surface area (Å²) in [6, 6.07) is 8.08. The number of amides is 1. The lowest BCUT2D eigenvalue weighted by Crippen LogP contribution is -2.47. The quantitative estimate of drug-likeness (QED) is 0.588. The van der Waals surface area contributed by atoms with Gasteiger partial charge < -0.3 is 15.1 Å². The Balaban J connectivity index is 1.59. The highest BCUT2D eigenvalue weighted by molar-refractivity contribution is 6.06. The molecule has 1 aromatic carbocycles. The minimum atomic E-state index is -4.73. The first-order chi connectivity index (χ1) is 16.2. The van der Waals surface area contributed by atoms with Crippen molar-refractivity contribution in [2.24, 2.45) is 0 Å². The summed E-state index contributed by atoms with van der Waals surface area (Å²) in [5.74, 6) is 0.194. The lowest BCUT2D eigenvalue weighted by Gasteiger charge is -2.37. The van der Waals surface area contributed by atoms with Crippen molar-refractivity contribution in [1.29, 1.82) is 0 Å². The van der Waals surface area contributed by atoms with Crippen LogP contribution in [0, 0.1) is 0 Å². The summed E-state index contributed by atoms with van der Waals surface area (Å²) in [4.78, 5) is 29.0. The summed E-state index contributed by atoms with van der Waals surface area (Å²) in [6.45, 7) is 6.82. The Morgan fingerprint density at radius 1 is 1.00 bits per heavy atom. The molecule has 0 aliphatic carbocycles. The van der Waals surface area contributed by atoms with Gasteiger partial charge in [0.25, 0.3) is 5.91 Å². The van der Waals surface area contributed by atoms with Gasteiger partial charge in [0.15, 0.2) is 5.69 Å². The third-order valence-electron chi connectivity index (χ3n) is 5.75. The first kappa shape index (κ1) is 23.5. The van der Waals surface area contributed by atoms with Crippen molar-refractivity contribution in [3.63, 3.8) is 0 Å². The van der Waals surface area contributed by atoms with E-state index in [-0.39, 0.29) is 5.92 Å². The monoisotopic (exact) mass is 470 g/mol. The van der Waals surface area contributed by atoms with Crippen LogP contribution in [0.4, 0.5) is 30.4 Å². The summed E-state index contributed by atoms with van der Waals surface area (Å²) >= 11 is 0. The SMILES string of the molecule is CC(C)c1ccc(NC(=O)c2cccnc2C(F)(F)F)c(N2CCN(c3cnccn3)CC2)c1. The van der Waals surface area contributed by atoms with Crippen LogP contribution < -0.4 is 15.1 Å². The molecule has 34 heavy (non-hydrogen) atoms. The van der Waals surface area contributed by atoms with Gasteiger partial charge in [0.2, 0.25) is 0 Å². The van der Waals surface area contributed by atoms with E-state index in [2.05, 4.69) is 43.9 Å². The molecule has 1 saturated heterocycles. The fourth-order valence-corrected chi connectivity index (χ4v) is 3.91. The van der Waals surface area contributed by atoms with Crippen molar-refractivity contribution in [2.75, 3.05) is 41.3 Å². The average molecular weight is 470 g/mol. The Bertz CT molecular complexity index is 1140. The van der Waals surface area contributed by atoms with Gasteiger partial charge >= 0.3 is 6.18 Å². The number of benzene rings is 1. The Hall–Kier alpha value is -3.69. The molecule has 3 aromatic rings. The second kappa shape index (κ2) is 9.66. The molecule has 0 saturated carbocycles. The third-order valence-corrected chi connectivity index (χ3v) is 5.75. The molecule has 1 aliphatic rings. The topological polar surface area (TPSA) is 74.2 Å². The second-order valence-electron chi connectivity index (χ2n) is 8.32. The van der Waals surface area contributed by atoms with Crippen LogP contribution in [0.25, 0.3) is 0 Å². The zero-order valence-corrected chi connectivity index (χ0v) is 18.9. The van der Waals surface area contributed by atoms with E-state index < -0.39 is 23.3 Å². The number of hydrogen-bond acceptors (Lipinski definition) is 6. The maximum absolute atomic E-state index is 13.4. The Morgan fingerprint density at radius 3 is 2.38 bits per heavy atom. The Labute approximate surface area is 195 Å². The number of hydrogen-bond donors (Lipinski definition) is 1. The highest BCUT2D eigenvalue weighted by Gasteiger charge is 2.37. The normalized spacial score (nSPS) is 14.4. The number of aromatic nitrogens is 3. The van der Waals surface area contributed by atoms with Gasteiger partial charge in [0, 0.05) is 44.8 Å². The summed E-state index contributed by atoms with van der Waals surface area (Å²) < 4.78 is 40.1. The van der Waals surface area contributed by atoms with Crippen molar-refractivity contribution in [3.05, 3.63) is 71.9 Å². The van der Waals surface area contributed by atoms with Gasteiger partial charge in [-0.15, -0.1) is 0 Å². The summed E-state index contributed by atoms with van der Waals surface area (Å²) in [7, 11) is 0. The number of piperazine rings is 1. The highest BCUT2D eigenvalue weighted by atomic mass is 19.4. The van der Waals surface area contributed by atoms with E-state index in [0.717, 1.165) is 29.3 Å². The Morgan fingerprint density at radius 2 is 1.74 bits per heavy atom. The predicted octanol–water partition coefficient (Wildman–Crippen LogP) is 4.59. The molecule has 2 aromatic heterocycles. The zero-order chi connectivity index (χ0) is 24.3. The number of carbonyl (C=O) groups excluding carboxylic acids is 1. The fraction of sp³-hybridized carbons (Fsp3) is 0.333. The van der Waals surface area contributed by atoms with Gasteiger partial charge in [0.05, 0.1) is 23.1 Å². The molecule has 1 aliphatic heterocycles. The molecule has 178 valence electrons. The average Bonchev–Trinajstić information content (AvgIpc) is 2.84. The number of anilines is 3. The van der Waals surface area contributed by atoms with Crippen LogP contribution in [0.3, 0.4) is 0 Å². The smallest absolute Gasteiger partial charge is 0.366 e. The third kappa shape index (κ3) is 5.11. The molecule has 1 N–H and O–H groups in total. The van der Waals surface area contributed by atoms with E-state index in [4.69, 9.17) is 0 Å². The standard InChI is InChI=1S/C24H25F3N6O/c1-16(2)17-5-6-19(31-23(34)18-4-3-7-30-22(18)24(25,26)27)20(14-17)32-10-12-33(13-11-32)21-15-28-8-9-29-21/h3-9,14-16H,10-13H2,1-2H3,(H,31,34). The van der Waals surface area contributed by atoms with Crippen LogP contribution in [-0.2, 0) is 6.18 Å². The van der Waals surface area contributed by atoms with E-state index in [1.54, 1.807) is 24.7 Å². The van der Waals surface area contributed by atoms with Gasteiger partial charge in [-0.1, -0.05) is 19.9 Å². The van der Waals surface area contributed by atoms with E-state index in [9.17, 15) is 18.0 Å². The number of nitrogens with zero attached hydrogens (tertiary/aromatic N) is 5. The second-order valence-corrected chi connectivity index (χ2v) is 8.32. The lowest BCUT2D eigenvalue weighted by molar-refractivity contribution is -0.141. The van der Waals surface area contributed by atoms with E-state index in [1.807, 2.05) is 12.1 Å². The van der Waals surface area contributed by atoms with Crippen molar-refractivity contribution in [2.45, 2.75) is 25.9 Å². The van der Waals surface area contributed by atoms with Crippen LogP contribution in [0.15, 0.2) is 55.1 Å². The van der Waals surface area contributed by atoms with E-state index in [0.29, 0.717) is 31.9 Å². The van der Waals surface area contributed by atoms with Gasteiger partial charge in [-0.2, -0.15) is 13.2 Å². The number of carbonyl (C=O) groups is 1. The number of rotatable bonds is 5. The minimum Gasteiger partial charge on any atom is -0.366 e. The molecule has 0 spiro atoms. The molecule has 3 heterocycles. The first-order valence-corrected chi connectivity index (χ1v) is 11.0. The number of pyridine rings is 1. The van der Waals surface area contributed by atoms with Gasteiger partial charge in [-0.3, -0.25) is 14.8 Å². The van der Waals surface area contributed by atoms with Gasteiger partial charge in [-0.25, -0.2) is 4.98 Å². The van der Waals surface area contributed by atoms with E-state index >= 15 is 0 Å². The van der Waals surface area contributed by atoms with Crippen molar-refractivity contribution in [3.8, 4) is 0 Å². The van der Waals surface area contributed by atoms with Crippen LogP contribution in [0.2, 0.25) is 0 Å². The molecule has 0 atom stereocenters. The van der Waals surface area contributed by atoms with E-state index in [1.165, 1.54) is 6.07 Å². The maximum atomic E-state index is 13.4. The fourth-order valence-electron chi connectivity index (χ4n) is 3.91. The molecule has 7 nitrogen and oxygen atoms in total. The molecular formula is C24H25F3N6O. The van der Waals surface area contributed by atoms with Crippen molar-refractivity contribution < 1.29 is 18.0 Å². The lowest BCUT2D eigenvalue weighted by atomic mass is 10.0. The van der Waals surface area contributed by atoms with Crippen LogP contribution in [0.1, 0.15) is 41.4 Å². The molecular weight excluding hydrogens is 445 g/mol. The van der Waals surface area contributed by atoms with Crippen molar-refractivity contribution in [1.82, 2.24) is 15.0 Å². The van der Waals surface area contributed by atoms with Crippen LogP contribution >= 0.6 is 0 Å². The minimum absolute atomic E-state index is 0.250. The Kier molecular flexibility index (Phi) is 6.67. The largest absolute Gasteiger partial charge is 0.434 e. The molecule has 1 amide bonds. The van der Waals surface area contributed by atoms with Gasteiger partial charge in [0.1, 0.15) is 5.82 Å². The predicted molar refractivity (Wildman–Crippen MR) is 124 cm³/mol. The molecule has 10 heteroatoms. The van der Waals surface area contributed by atoms with Crippen LogP contribution in [0.5, 0.6) is 0 Å². The van der Waals surface area contributed by atoms with Crippen LogP contribution in [-0.4, -0.2) is 47.0 Å². The summed E-state index contributed by atoms with van der Waals surface area (Å²) in [5, 5.41) is 2.69. The molecule has 0 unspecified atom stereocenters. The molecule has 4 rings (SSSR count). The first-order valence-electron chi connectivity index (χ1n) is 11.0. The molecule has 1 fully saturated rings. The summed E-state index contributed by atoms with van der Waals surface area (Å²) in [5.41, 5.74) is 0.587.